The smallest absolute Gasteiger partial charge is 0.255 e. The van der Waals surface area contributed by atoms with Crippen molar-refractivity contribution in [1.82, 2.24) is 14.8 Å². The van der Waals surface area contributed by atoms with Crippen molar-refractivity contribution in [3.8, 4) is 0 Å². The van der Waals surface area contributed by atoms with Gasteiger partial charge in [0.25, 0.3) is 5.91 Å². The third kappa shape index (κ3) is 4.60. The highest BCUT2D eigenvalue weighted by molar-refractivity contribution is 5.95. The van der Waals surface area contributed by atoms with Crippen molar-refractivity contribution in [3.05, 3.63) is 23.0 Å². The van der Waals surface area contributed by atoms with Gasteiger partial charge in [0.05, 0.1) is 5.56 Å². The summed E-state index contributed by atoms with van der Waals surface area (Å²) in [6.45, 7) is 12.8. The Morgan fingerprint density at radius 2 is 1.70 bits per heavy atom. The van der Waals surface area contributed by atoms with Crippen LogP contribution in [0.5, 0.6) is 0 Å². The number of nitrogens with one attached hydrogen (secondary N) is 1. The van der Waals surface area contributed by atoms with Gasteiger partial charge in [0.1, 0.15) is 0 Å². The van der Waals surface area contributed by atoms with Crippen molar-refractivity contribution in [2.75, 3.05) is 26.2 Å². The molecule has 0 saturated carbocycles. The zero-order valence-electron chi connectivity index (χ0n) is 15.0. The lowest BCUT2D eigenvalue weighted by Gasteiger charge is -2.25. The predicted octanol–water partition coefficient (Wildman–Crippen LogP) is 2.74. The molecule has 0 radical (unpaired) electrons. The highest BCUT2D eigenvalue weighted by Crippen LogP contribution is 2.21. The normalized spacial score (nSPS) is 16.4. The number of amides is 2. The molecule has 5 heteroatoms. The number of rotatable bonds is 2. The molecule has 1 aliphatic heterocycles. The lowest BCUT2D eigenvalue weighted by molar-refractivity contribution is -0.132. The molecule has 1 saturated heterocycles. The summed E-state index contributed by atoms with van der Waals surface area (Å²) in [4.78, 5) is 32.1. The van der Waals surface area contributed by atoms with Gasteiger partial charge < -0.3 is 14.8 Å². The number of carbonyl (C=O) groups excluding carboxylic acids is 2. The maximum atomic E-state index is 12.7. The van der Waals surface area contributed by atoms with Crippen LogP contribution in [0.15, 0.2) is 6.07 Å². The molecule has 0 aromatic carbocycles. The van der Waals surface area contributed by atoms with Crippen molar-refractivity contribution in [2.45, 2.75) is 47.5 Å². The Hall–Kier alpha value is -1.78. The van der Waals surface area contributed by atoms with Crippen LogP contribution in [0.4, 0.5) is 0 Å². The molecule has 5 nitrogen and oxygen atoms in total. The number of aryl methyl sites for hydroxylation is 2. The van der Waals surface area contributed by atoms with Gasteiger partial charge in [0.2, 0.25) is 5.91 Å². The van der Waals surface area contributed by atoms with Gasteiger partial charge in [-0.3, -0.25) is 9.59 Å². The van der Waals surface area contributed by atoms with Gasteiger partial charge in [-0.05, 0) is 31.7 Å². The number of carbonyl (C=O) groups is 2. The van der Waals surface area contributed by atoms with Crippen LogP contribution < -0.4 is 0 Å². The van der Waals surface area contributed by atoms with Crippen LogP contribution in [-0.2, 0) is 4.79 Å². The Balaban J connectivity index is 2.00. The van der Waals surface area contributed by atoms with Gasteiger partial charge in [0.15, 0.2) is 0 Å². The molecule has 0 atom stereocenters. The summed E-state index contributed by atoms with van der Waals surface area (Å²) in [5.74, 6) is 0.262. The molecule has 0 aliphatic carbocycles. The van der Waals surface area contributed by atoms with E-state index in [9.17, 15) is 9.59 Å². The van der Waals surface area contributed by atoms with Crippen LogP contribution in [0.2, 0.25) is 0 Å². The first-order valence-corrected chi connectivity index (χ1v) is 8.40. The largest absolute Gasteiger partial charge is 0.362 e. The molecule has 1 aromatic rings. The van der Waals surface area contributed by atoms with Crippen LogP contribution in [0.1, 0.15) is 55.4 Å². The van der Waals surface area contributed by atoms with Crippen molar-refractivity contribution < 1.29 is 9.59 Å². The van der Waals surface area contributed by atoms with E-state index >= 15 is 0 Å². The van der Waals surface area contributed by atoms with E-state index in [-0.39, 0.29) is 17.2 Å². The second-order valence-corrected chi connectivity index (χ2v) is 7.76. The Labute approximate surface area is 139 Å². The molecule has 2 rings (SSSR count). The topological polar surface area (TPSA) is 56.4 Å². The number of H-pyrrole nitrogens is 1. The zero-order chi connectivity index (χ0) is 17.2. The summed E-state index contributed by atoms with van der Waals surface area (Å²) in [5, 5.41) is 0. The summed E-state index contributed by atoms with van der Waals surface area (Å²) >= 11 is 0. The predicted molar refractivity (Wildman–Crippen MR) is 91.4 cm³/mol. The SMILES string of the molecule is Cc1cc(C(=O)N2CCCN(C(=O)CC(C)(C)C)CC2)c(C)[nH]1. The van der Waals surface area contributed by atoms with Crippen LogP contribution in [0.3, 0.4) is 0 Å². The van der Waals surface area contributed by atoms with E-state index in [0.717, 1.165) is 29.9 Å². The fourth-order valence-electron chi connectivity index (χ4n) is 3.05. The monoisotopic (exact) mass is 319 g/mol. The van der Waals surface area contributed by atoms with E-state index in [1.165, 1.54) is 0 Å². The average molecular weight is 319 g/mol. The second-order valence-electron chi connectivity index (χ2n) is 7.76. The molecule has 1 aromatic heterocycles. The lowest BCUT2D eigenvalue weighted by Crippen LogP contribution is -2.38. The van der Waals surface area contributed by atoms with Crippen LogP contribution in [-0.4, -0.2) is 52.8 Å². The van der Waals surface area contributed by atoms with Crippen molar-refractivity contribution in [1.29, 1.82) is 0 Å². The molecular formula is C18H29N3O2. The van der Waals surface area contributed by atoms with Gasteiger partial charge in [-0.2, -0.15) is 0 Å². The number of hydrogen-bond donors (Lipinski definition) is 1. The van der Waals surface area contributed by atoms with Crippen LogP contribution in [0.25, 0.3) is 0 Å². The lowest BCUT2D eigenvalue weighted by atomic mass is 9.91. The fraction of sp³-hybridized carbons (Fsp3) is 0.667. The summed E-state index contributed by atoms with van der Waals surface area (Å²) in [5.41, 5.74) is 2.66. The van der Waals surface area contributed by atoms with Crippen LogP contribution >= 0.6 is 0 Å². The van der Waals surface area contributed by atoms with Gasteiger partial charge in [-0.1, -0.05) is 20.8 Å². The third-order valence-corrected chi connectivity index (χ3v) is 4.20. The van der Waals surface area contributed by atoms with E-state index in [1.54, 1.807) is 0 Å². The van der Waals surface area contributed by atoms with E-state index in [2.05, 4.69) is 25.8 Å². The Bertz CT molecular complexity index is 584. The molecule has 0 bridgehead atoms. The standard InChI is InChI=1S/C18H29N3O2/c1-13-11-15(14(2)19-13)17(23)21-8-6-7-20(9-10-21)16(22)12-18(3,4)5/h11,19H,6-10,12H2,1-5H3. The molecule has 128 valence electrons. The van der Waals surface area contributed by atoms with Crippen LogP contribution in [0, 0.1) is 19.3 Å². The molecule has 1 N–H and O–H groups in total. The Kier molecular flexibility index (Phi) is 5.17. The Morgan fingerprint density at radius 1 is 1.09 bits per heavy atom. The summed E-state index contributed by atoms with van der Waals surface area (Å²) < 4.78 is 0. The summed E-state index contributed by atoms with van der Waals surface area (Å²) in [6.07, 6.45) is 1.39. The number of aromatic amines is 1. The first-order valence-electron chi connectivity index (χ1n) is 8.40. The summed E-state index contributed by atoms with van der Waals surface area (Å²) in [6, 6.07) is 1.91. The first-order chi connectivity index (χ1) is 10.7. The zero-order valence-corrected chi connectivity index (χ0v) is 15.0. The van der Waals surface area contributed by atoms with Crippen molar-refractivity contribution in [2.24, 2.45) is 5.41 Å². The number of aromatic nitrogens is 1. The molecule has 0 unspecified atom stereocenters. The summed E-state index contributed by atoms with van der Waals surface area (Å²) in [7, 11) is 0. The van der Waals surface area contributed by atoms with Gasteiger partial charge in [-0.25, -0.2) is 0 Å². The highest BCUT2D eigenvalue weighted by Gasteiger charge is 2.26. The minimum atomic E-state index is -0.00133. The number of hydrogen-bond acceptors (Lipinski definition) is 2. The minimum Gasteiger partial charge on any atom is -0.362 e. The molecule has 2 heterocycles. The van der Waals surface area contributed by atoms with E-state index in [1.807, 2.05) is 29.7 Å². The molecule has 2 amide bonds. The van der Waals surface area contributed by atoms with Gasteiger partial charge >= 0.3 is 0 Å². The maximum Gasteiger partial charge on any atom is 0.255 e. The molecule has 23 heavy (non-hydrogen) atoms. The molecule has 1 aliphatic rings. The quantitative estimate of drug-likeness (QED) is 0.911. The maximum absolute atomic E-state index is 12.7. The van der Waals surface area contributed by atoms with Crippen molar-refractivity contribution in [3.63, 3.8) is 0 Å². The third-order valence-electron chi connectivity index (χ3n) is 4.20. The molecular weight excluding hydrogens is 290 g/mol. The van der Waals surface area contributed by atoms with E-state index in [0.29, 0.717) is 26.1 Å². The second kappa shape index (κ2) is 6.77. The van der Waals surface area contributed by atoms with Gasteiger partial charge in [-0.15, -0.1) is 0 Å². The highest BCUT2D eigenvalue weighted by atomic mass is 16.2. The minimum absolute atomic E-state index is 0.00133. The average Bonchev–Trinajstić information content (AvgIpc) is 2.64. The van der Waals surface area contributed by atoms with E-state index < -0.39 is 0 Å². The van der Waals surface area contributed by atoms with Crippen molar-refractivity contribution >= 4 is 11.8 Å². The first kappa shape index (κ1) is 17.6. The molecule has 1 fully saturated rings. The van der Waals surface area contributed by atoms with Gasteiger partial charge in [0, 0.05) is 44.0 Å². The van der Waals surface area contributed by atoms with E-state index in [4.69, 9.17) is 0 Å². The molecule has 0 spiro atoms. The Morgan fingerprint density at radius 3 is 2.26 bits per heavy atom. The fourth-order valence-corrected chi connectivity index (χ4v) is 3.05. The number of nitrogens with zero attached hydrogens (tertiary/aromatic N) is 2.